The van der Waals surface area contributed by atoms with Gasteiger partial charge in [0, 0.05) is 19.3 Å². The largest absolute Gasteiger partial charge is 0.462 e. The van der Waals surface area contributed by atoms with Crippen LogP contribution in [0.2, 0.25) is 0 Å². The van der Waals surface area contributed by atoms with Crippen molar-refractivity contribution in [1.82, 2.24) is 0 Å². The molecule has 492 valence electrons. The molecule has 0 aromatic carbocycles. The zero-order valence-corrected chi connectivity index (χ0v) is 56.8. The molecule has 0 rings (SSSR count). The Bertz CT molecular complexity index is 1300. The normalized spacial score (nSPS) is 12.0. The molecule has 0 radical (unpaired) electrons. The lowest BCUT2D eigenvalue weighted by Gasteiger charge is -2.18. The molecule has 1 atom stereocenters. The molecule has 0 spiro atoms. The van der Waals surface area contributed by atoms with Crippen LogP contribution in [0.5, 0.6) is 0 Å². The molecular weight excluding hydrogens is 1020 g/mol. The molecule has 0 aromatic rings. The summed E-state index contributed by atoms with van der Waals surface area (Å²) in [5.74, 6) is -0.838. The van der Waals surface area contributed by atoms with Crippen molar-refractivity contribution in [3.63, 3.8) is 0 Å². The quantitative estimate of drug-likeness (QED) is 0.0261. The van der Waals surface area contributed by atoms with Crippen LogP contribution in [0.1, 0.15) is 445 Å². The predicted molar refractivity (Wildman–Crippen MR) is 363 cm³/mol. The molecule has 0 saturated carbocycles. The topological polar surface area (TPSA) is 78.9 Å². The van der Waals surface area contributed by atoms with E-state index in [2.05, 4.69) is 32.9 Å². The molecule has 0 aliphatic carbocycles. The average molecular weight is 1170 g/mol. The number of hydrogen-bond donors (Lipinski definition) is 0. The van der Waals surface area contributed by atoms with E-state index in [0.29, 0.717) is 19.3 Å². The van der Waals surface area contributed by atoms with Gasteiger partial charge in [-0.25, -0.2) is 0 Å². The first-order valence-corrected chi connectivity index (χ1v) is 38.2. The number of rotatable bonds is 72. The number of hydrogen-bond acceptors (Lipinski definition) is 6. The van der Waals surface area contributed by atoms with Gasteiger partial charge in [0.05, 0.1) is 0 Å². The van der Waals surface area contributed by atoms with Crippen molar-refractivity contribution in [2.24, 2.45) is 0 Å². The maximum Gasteiger partial charge on any atom is 0.306 e. The van der Waals surface area contributed by atoms with Gasteiger partial charge in [0.25, 0.3) is 0 Å². The highest BCUT2D eigenvalue weighted by Crippen LogP contribution is 2.20. The van der Waals surface area contributed by atoms with E-state index in [9.17, 15) is 14.4 Å². The second-order valence-corrected chi connectivity index (χ2v) is 26.3. The number of allylic oxidation sites excluding steroid dienone is 2. The van der Waals surface area contributed by atoms with E-state index in [4.69, 9.17) is 14.2 Å². The minimum Gasteiger partial charge on any atom is -0.462 e. The summed E-state index contributed by atoms with van der Waals surface area (Å²) in [4.78, 5) is 38.4. The number of ether oxygens (including phenoxy) is 3. The van der Waals surface area contributed by atoms with E-state index >= 15 is 0 Å². The molecule has 6 heteroatoms. The first-order valence-electron chi connectivity index (χ1n) is 38.2. The smallest absolute Gasteiger partial charge is 0.306 e. The van der Waals surface area contributed by atoms with Gasteiger partial charge < -0.3 is 14.2 Å². The highest BCUT2D eigenvalue weighted by Gasteiger charge is 2.20. The summed E-state index contributed by atoms with van der Waals surface area (Å²) in [5, 5.41) is 0. The third-order valence-electron chi connectivity index (χ3n) is 17.8. The van der Waals surface area contributed by atoms with Gasteiger partial charge in [0.1, 0.15) is 13.2 Å². The lowest BCUT2D eigenvalue weighted by atomic mass is 10.0. The van der Waals surface area contributed by atoms with E-state index in [-0.39, 0.29) is 31.1 Å². The Morgan fingerprint density at radius 2 is 0.398 bits per heavy atom. The van der Waals surface area contributed by atoms with Crippen LogP contribution in [0, 0.1) is 0 Å². The Morgan fingerprint density at radius 3 is 0.602 bits per heavy atom. The summed E-state index contributed by atoms with van der Waals surface area (Å²) in [6.07, 6.45) is 88.5. The van der Waals surface area contributed by atoms with Crippen molar-refractivity contribution in [1.29, 1.82) is 0 Å². The Labute approximate surface area is 520 Å². The Kier molecular flexibility index (Phi) is 71.0. The lowest BCUT2D eigenvalue weighted by Crippen LogP contribution is -2.30. The fourth-order valence-corrected chi connectivity index (χ4v) is 12.0. The van der Waals surface area contributed by atoms with Crippen LogP contribution in [-0.2, 0) is 28.6 Å². The SMILES string of the molecule is CCCCCCCCC/C=C\CCCCCCCC(=O)OC(COC(=O)CCCCCCCCCCCCCCCCC)COC(=O)CCCCCCCCCCCCCCCCCCCCCCCCCCCCCCCCCCCC. The maximum absolute atomic E-state index is 12.9. The molecule has 0 heterocycles. The molecule has 0 fully saturated rings. The summed E-state index contributed by atoms with van der Waals surface area (Å²) < 4.78 is 17.0. The van der Waals surface area contributed by atoms with Crippen LogP contribution in [0.4, 0.5) is 0 Å². The highest BCUT2D eigenvalue weighted by atomic mass is 16.6. The molecule has 0 N–H and O–H groups in total. The molecule has 0 bridgehead atoms. The van der Waals surface area contributed by atoms with Crippen LogP contribution in [-0.4, -0.2) is 37.2 Å². The van der Waals surface area contributed by atoms with Gasteiger partial charge in [-0.1, -0.05) is 392 Å². The monoisotopic (exact) mass is 1170 g/mol. The second-order valence-electron chi connectivity index (χ2n) is 26.3. The van der Waals surface area contributed by atoms with Crippen molar-refractivity contribution in [2.75, 3.05) is 13.2 Å². The third-order valence-corrected chi connectivity index (χ3v) is 17.8. The summed E-state index contributed by atoms with van der Waals surface area (Å²) in [7, 11) is 0. The molecule has 0 aliphatic rings. The third kappa shape index (κ3) is 70.8. The van der Waals surface area contributed by atoms with E-state index in [0.717, 1.165) is 64.2 Å². The van der Waals surface area contributed by atoms with Crippen molar-refractivity contribution >= 4 is 17.9 Å². The molecule has 0 aliphatic heterocycles. The Balaban J connectivity index is 4.07. The Morgan fingerprint density at radius 1 is 0.229 bits per heavy atom. The second kappa shape index (κ2) is 72.6. The lowest BCUT2D eigenvalue weighted by molar-refractivity contribution is -0.167. The fraction of sp³-hybridized carbons (Fsp3) is 0.935. The van der Waals surface area contributed by atoms with Gasteiger partial charge in [-0.3, -0.25) is 14.4 Å². The fourth-order valence-electron chi connectivity index (χ4n) is 12.0. The van der Waals surface area contributed by atoms with Gasteiger partial charge in [0.15, 0.2) is 6.10 Å². The van der Waals surface area contributed by atoms with Gasteiger partial charge in [0.2, 0.25) is 0 Å². The minimum absolute atomic E-state index is 0.0665. The van der Waals surface area contributed by atoms with Crippen LogP contribution in [0.25, 0.3) is 0 Å². The molecule has 0 amide bonds. The summed E-state index contributed by atoms with van der Waals surface area (Å²) in [6, 6.07) is 0. The van der Waals surface area contributed by atoms with Crippen LogP contribution in [0.15, 0.2) is 12.2 Å². The first-order chi connectivity index (χ1) is 41.0. The van der Waals surface area contributed by atoms with Crippen LogP contribution < -0.4 is 0 Å². The number of carbonyl (C=O) groups excluding carboxylic acids is 3. The molecule has 6 nitrogen and oxygen atoms in total. The van der Waals surface area contributed by atoms with Gasteiger partial charge in [-0.15, -0.1) is 0 Å². The Hall–Kier alpha value is -1.85. The van der Waals surface area contributed by atoms with E-state index in [1.807, 2.05) is 0 Å². The number of unbranched alkanes of at least 4 members (excludes halogenated alkanes) is 59. The van der Waals surface area contributed by atoms with E-state index < -0.39 is 6.10 Å². The maximum atomic E-state index is 12.9. The van der Waals surface area contributed by atoms with E-state index in [1.54, 1.807) is 0 Å². The van der Waals surface area contributed by atoms with Gasteiger partial charge in [-0.05, 0) is 44.9 Å². The zero-order valence-electron chi connectivity index (χ0n) is 56.8. The summed E-state index contributed by atoms with van der Waals surface area (Å²) in [6.45, 7) is 6.73. The first kappa shape index (κ1) is 81.2. The van der Waals surface area contributed by atoms with Crippen molar-refractivity contribution < 1.29 is 28.6 Å². The van der Waals surface area contributed by atoms with Crippen LogP contribution >= 0.6 is 0 Å². The zero-order chi connectivity index (χ0) is 59.9. The van der Waals surface area contributed by atoms with Gasteiger partial charge in [-0.2, -0.15) is 0 Å². The minimum atomic E-state index is -0.771. The summed E-state index contributed by atoms with van der Waals surface area (Å²) in [5.41, 5.74) is 0. The number of carbonyl (C=O) groups is 3. The molecule has 0 aromatic heterocycles. The van der Waals surface area contributed by atoms with Crippen molar-refractivity contribution in [3.8, 4) is 0 Å². The van der Waals surface area contributed by atoms with Crippen LogP contribution in [0.3, 0.4) is 0 Å². The predicted octanol–water partition coefficient (Wildman–Crippen LogP) is 26.3. The highest BCUT2D eigenvalue weighted by molar-refractivity contribution is 5.71. The molecule has 83 heavy (non-hydrogen) atoms. The number of esters is 3. The van der Waals surface area contributed by atoms with Crippen molar-refractivity contribution in [2.45, 2.75) is 451 Å². The van der Waals surface area contributed by atoms with Crippen molar-refractivity contribution in [3.05, 3.63) is 12.2 Å². The molecule has 1 unspecified atom stereocenters. The molecule has 0 saturated heterocycles. The van der Waals surface area contributed by atoms with Gasteiger partial charge >= 0.3 is 17.9 Å². The molecular formula is C77H148O6. The standard InChI is InChI=1S/C77H148O6/c1-4-7-10-13-16-19-22-25-28-30-31-32-33-34-35-36-37-38-39-40-41-42-43-44-45-46-47-50-52-55-58-61-64-67-70-76(79)82-73-74(72-81-75(78)69-66-63-60-57-54-51-48-27-24-21-18-15-12-9-6-3)83-77(80)71-68-65-62-59-56-53-49-29-26-23-20-17-14-11-8-5-2/h29,49,74H,4-28,30-48,50-73H2,1-3H3/b49-29-. The summed E-state index contributed by atoms with van der Waals surface area (Å²) >= 11 is 0. The van der Waals surface area contributed by atoms with E-state index in [1.165, 1.54) is 340 Å². The average Bonchev–Trinajstić information content (AvgIpc) is 3.50.